The normalized spacial score (nSPS) is 48.4. The van der Waals surface area contributed by atoms with Gasteiger partial charge in [-0.1, -0.05) is 34.1 Å². The Balaban J connectivity index is 1.54. The van der Waals surface area contributed by atoms with Gasteiger partial charge in [0.25, 0.3) is 0 Å². The largest absolute Gasteiger partial charge is 0.393 e. The van der Waals surface area contributed by atoms with Gasteiger partial charge in [0.2, 0.25) is 15.9 Å². The van der Waals surface area contributed by atoms with E-state index >= 15 is 4.39 Å². The molecule has 3 N–H and O–H groups in total. The molecule has 4 aliphatic carbocycles. The van der Waals surface area contributed by atoms with Crippen LogP contribution in [0, 0.1) is 52.3 Å². The second-order valence-corrected chi connectivity index (χ2v) is 14.7. The topological polar surface area (TPSA) is 104 Å². The number of hydrogen-bond acceptors (Lipinski definition) is 5. The standard InChI is InChI=1S/C27H46FNO5S/c1-6-16-23-24(28)20(30)12-14-27(23,4)19-11-13-26(3)17(8-9-18(26)22(19)25(16)32)15(2)7-10-21(31)29-35(5,33)34/h15-20,22-25,30,32H,6-14H2,1-5H3,(H,29,31)/t15-,16-,17-,18+,19+,20-,22+,23-,24+,25-,26-,27-/m1/s1. The van der Waals surface area contributed by atoms with Crippen LogP contribution in [0.4, 0.5) is 4.39 Å². The van der Waals surface area contributed by atoms with Crippen LogP contribution in [0.25, 0.3) is 0 Å². The van der Waals surface area contributed by atoms with Gasteiger partial charge in [0.15, 0.2) is 0 Å². The van der Waals surface area contributed by atoms with Crippen LogP contribution in [0.2, 0.25) is 0 Å². The van der Waals surface area contributed by atoms with E-state index in [-0.39, 0.29) is 46.8 Å². The molecule has 12 atom stereocenters. The predicted octanol–water partition coefficient (Wildman–Crippen LogP) is 4.05. The number of sulfonamides is 1. The van der Waals surface area contributed by atoms with Gasteiger partial charge in [-0.15, -0.1) is 0 Å². The van der Waals surface area contributed by atoms with Gasteiger partial charge in [-0.25, -0.2) is 12.8 Å². The van der Waals surface area contributed by atoms with Crippen molar-refractivity contribution < 1.29 is 27.8 Å². The molecule has 0 saturated heterocycles. The highest BCUT2D eigenvalue weighted by atomic mass is 32.2. The lowest BCUT2D eigenvalue weighted by molar-refractivity contribution is -0.222. The van der Waals surface area contributed by atoms with E-state index in [4.69, 9.17) is 0 Å². The van der Waals surface area contributed by atoms with Gasteiger partial charge >= 0.3 is 0 Å². The number of rotatable bonds is 6. The Morgan fingerprint density at radius 3 is 2.34 bits per heavy atom. The molecule has 0 heterocycles. The lowest BCUT2D eigenvalue weighted by Gasteiger charge is -2.65. The summed E-state index contributed by atoms with van der Waals surface area (Å²) in [7, 11) is -3.54. The van der Waals surface area contributed by atoms with E-state index in [1.165, 1.54) is 0 Å². The van der Waals surface area contributed by atoms with Crippen molar-refractivity contribution in [3.63, 3.8) is 0 Å². The minimum Gasteiger partial charge on any atom is -0.393 e. The van der Waals surface area contributed by atoms with E-state index in [1.807, 2.05) is 6.92 Å². The second kappa shape index (κ2) is 9.54. The fraction of sp³-hybridized carbons (Fsp3) is 0.963. The first-order chi connectivity index (χ1) is 16.2. The third-order valence-corrected chi connectivity index (χ3v) is 11.9. The lowest BCUT2D eigenvalue weighted by Crippen LogP contribution is -2.65. The summed E-state index contributed by atoms with van der Waals surface area (Å²) in [6.07, 6.45) is 5.23. The maximum absolute atomic E-state index is 15.5. The Morgan fingerprint density at radius 1 is 1.09 bits per heavy atom. The quantitative estimate of drug-likeness (QED) is 0.495. The number of nitrogens with one attached hydrogen (secondary N) is 1. The Labute approximate surface area is 210 Å². The Morgan fingerprint density at radius 2 is 1.71 bits per heavy atom. The Hall–Kier alpha value is -0.730. The number of carbonyl (C=O) groups excluding carboxylic acids is 1. The van der Waals surface area contributed by atoms with Crippen LogP contribution in [0.3, 0.4) is 0 Å². The van der Waals surface area contributed by atoms with Gasteiger partial charge < -0.3 is 10.2 Å². The monoisotopic (exact) mass is 515 g/mol. The first kappa shape index (κ1) is 27.3. The van der Waals surface area contributed by atoms with Gasteiger partial charge in [-0.3, -0.25) is 9.52 Å². The first-order valence-corrected chi connectivity index (χ1v) is 15.6. The van der Waals surface area contributed by atoms with E-state index in [0.717, 1.165) is 44.8 Å². The maximum atomic E-state index is 15.5. The van der Waals surface area contributed by atoms with E-state index < -0.39 is 34.3 Å². The maximum Gasteiger partial charge on any atom is 0.233 e. The highest BCUT2D eigenvalue weighted by Crippen LogP contribution is 2.69. The summed E-state index contributed by atoms with van der Waals surface area (Å²) < 4.78 is 40.3. The van der Waals surface area contributed by atoms with Crippen LogP contribution in [-0.4, -0.2) is 49.2 Å². The van der Waals surface area contributed by atoms with Gasteiger partial charge in [-0.2, -0.15) is 0 Å². The fourth-order valence-electron chi connectivity index (χ4n) is 9.77. The molecule has 1 amide bonds. The molecule has 35 heavy (non-hydrogen) atoms. The van der Waals surface area contributed by atoms with Crippen molar-refractivity contribution in [1.29, 1.82) is 0 Å². The molecule has 0 aromatic carbocycles. The molecular weight excluding hydrogens is 469 g/mol. The minimum atomic E-state index is -3.54. The molecule has 4 aliphatic rings. The number of aliphatic hydroxyl groups is 2. The van der Waals surface area contributed by atoms with Crippen LogP contribution in [-0.2, 0) is 14.8 Å². The second-order valence-electron chi connectivity index (χ2n) is 13.0. The highest BCUT2D eigenvalue weighted by Gasteiger charge is 2.66. The molecule has 0 aliphatic heterocycles. The summed E-state index contributed by atoms with van der Waals surface area (Å²) >= 11 is 0. The lowest BCUT2D eigenvalue weighted by atomic mass is 9.41. The van der Waals surface area contributed by atoms with Crippen molar-refractivity contribution in [3.8, 4) is 0 Å². The molecule has 0 aromatic rings. The Kier molecular flexibility index (Phi) is 7.44. The average molecular weight is 516 g/mol. The molecular formula is C27H46FNO5S. The highest BCUT2D eigenvalue weighted by molar-refractivity contribution is 7.89. The van der Waals surface area contributed by atoms with E-state index in [1.54, 1.807) is 0 Å². The molecule has 0 aromatic heterocycles. The van der Waals surface area contributed by atoms with Crippen molar-refractivity contribution in [2.24, 2.45) is 52.3 Å². The molecule has 0 spiro atoms. The van der Waals surface area contributed by atoms with Gasteiger partial charge in [0, 0.05) is 12.3 Å². The zero-order chi connectivity index (χ0) is 25.9. The van der Waals surface area contributed by atoms with E-state index in [2.05, 4.69) is 25.5 Å². The number of carbonyl (C=O) groups is 1. The molecule has 0 unspecified atom stereocenters. The summed E-state index contributed by atoms with van der Waals surface area (Å²) in [5.74, 6) is 0.598. The molecule has 4 fully saturated rings. The molecule has 6 nitrogen and oxygen atoms in total. The predicted molar refractivity (Wildman–Crippen MR) is 133 cm³/mol. The number of hydrogen-bond donors (Lipinski definition) is 3. The molecule has 202 valence electrons. The van der Waals surface area contributed by atoms with E-state index in [9.17, 15) is 23.4 Å². The SMILES string of the molecule is CC[C@H]1[C@@H](O)[C@@H]2[C@H](CC[C@]3(C)[C@@H]([C@H](C)CCC(=O)NS(C)(=O)=O)CC[C@@H]23)[C@@]2(C)CC[C@@H](O)[C@H](F)[C@@H]12. The molecule has 4 saturated carbocycles. The van der Waals surface area contributed by atoms with Crippen molar-refractivity contribution in [2.45, 2.75) is 104 Å². The third kappa shape index (κ3) is 4.58. The van der Waals surface area contributed by atoms with Crippen LogP contribution >= 0.6 is 0 Å². The molecule has 4 rings (SSSR count). The summed E-state index contributed by atoms with van der Waals surface area (Å²) in [6.45, 7) is 8.83. The first-order valence-electron chi connectivity index (χ1n) is 13.8. The van der Waals surface area contributed by atoms with Crippen LogP contribution in [0.15, 0.2) is 0 Å². The minimum absolute atomic E-state index is 0.0552. The summed E-state index contributed by atoms with van der Waals surface area (Å²) in [5, 5.41) is 22.1. The van der Waals surface area contributed by atoms with Crippen LogP contribution < -0.4 is 4.72 Å². The number of amides is 1. The number of halogens is 1. The van der Waals surface area contributed by atoms with Gasteiger partial charge in [0.05, 0.1) is 18.5 Å². The zero-order valence-corrected chi connectivity index (χ0v) is 22.9. The Bertz CT molecular complexity index is 913. The van der Waals surface area contributed by atoms with Crippen LogP contribution in [0.5, 0.6) is 0 Å². The van der Waals surface area contributed by atoms with Gasteiger partial charge in [-0.05, 0) is 91.3 Å². The molecule has 8 heteroatoms. The van der Waals surface area contributed by atoms with Crippen LogP contribution in [0.1, 0.15) is 85.5 Å². The smallest absolute Gasteiger partial charge is 0.233 e. The third-order valence-electron chi connectivity index (χ3n) is 11.3. The van der Waals surface area contributed by atoms with Crippen molar-refractivity contribution >= 4 is 15.9 Å². The number of aliphatic hydroxyl groups excluding tert-OH is 2. The summed E-state index contributed by atoms with van der Waals surface area (Å²) in [5.41, 5.74) is -0.141. The van der Waals surface area contributed by atoms with E-state index in [0.29, 0.717) is 24.7 Å². The van der Waals surface area contributed by atoms with Crippen molar-refractivity contribution in [3.05, 3.63) is 0 Å². The van der Waals surface area contributed by atoms with Crippen molar-refractivity contribution in [1.82, 2.24) is 4.72 Å². The van der Waals surface area contributed by atoms with Gasteiger partial charge in [0.1, 0.15) is 6.17 Å². The number of fused-ring (bicyclic) bond motifs is 5. The summed E-state index contributed by atoms with van der Waals surface area (Å²) in [4.78, 5) is 12.1. The fourth-order valence-corrected chi connectivity index (χ4v) is 10.3. The molecule has 0 radical (unpaired) electrons. The zero-order valence-electron chi connectivity index (χ0n) is 22.0. The number of alkyl halides is 1. The average Bonchev–Trinajstić information content (AvgIpc) is 3.12. The van der Waals surface area contributed by atoms with Crippen molar-refractivity contribution in [2.75, 3.05) is 6.26 Å². The summed E-state index contributed by atoms with van der Waals surface area (Å²) in [6, 6.07) is 0. The molecule has 0 bridgehead atoms.